The Hall–Kier alpha value is -0.450. The van der Waals surface area contributed by atoms with Gasteiger partial charge in [0.05, 0.1) is 5.54 Å². The van der Waals surface area contributed by atoms with Crippen LogP contribution in [-0.2, 0) is 5.54 Å². The first-order valence-corrected chi connectivity index (χ1v) is 7.20. The second-order valence-electron chi connectivity index (χ2n) is 5.98. The van der Waals surface area contributed by atoms with E-state index in [0.717, 1.165) is 19.6 Å². The number of hydrogen-bond acceptors (Lipinski definition) is 4. The molecule has 2 heterocycles. The van der Waals surface area contributed by atoms with E-state index < -0.39 is 0 Å². The fraction of sp³-hybridized carbons (Fsp3) is 0.769. The third-order valence-electron chi connectivity index (χ3n) is 3.54. The lowest BCUT2D eigenvalue weighted by atomic mass is 9.99. The first-order chi connectivity index (χ1) is 7.92. The predicted molar refractivity (Wildman–Crippen MR) is 73.4 cm³/mol. The molecule has 4 heteroatoms. The van der Waals surface area contributed by atoms with Crippen molar-refractivity contribution >= 4 is 11.3 Å². The molecule has 0 radical (unpaired) electrons. The summed E-state index contributed by atoms with van der Waals surface area (Å²) >= 11 is 1.76. The van der Waals surface area contributed by atoms with Crippen LogP contribution in [0.15, 0.2) is 11.6 Å². The van der Waals surface area contributed by atoms with Gasteiger partial charge in [0.25, 0.3) is 0 Å². The van der Waals surface area contributed by atoms with Gasteiger partial charge in [-0.25, -0.2) is 4.98 Å². The number of nitrogens with zero attached hydrogens (tertiary/aromatic N) is 2. The Morgan fingerprint density at radius 1 is 1.47 bits per heavy atom. The van der Waals surface area contributed by atoms with E-state index in [4.69, 9.17) is 0 Å². The lowest BCUT2D eigenvalue weighted by molar-refractivity contribution is 0.100. The highest BCUT2D eigenvalue weighted by Crippen LogP contribution is 2.31. The van der Waals surface area contributed by atoms with Crippen LogP contribution in [0.4, 0.5) is 0 Å². The van der Waals surface area contributed by atoms with Crippen LogP contribution in [0, 0.1) is 0 Å². The van der Waals surface area contributed by atoms with E-state index in [9.17, 15) is 0 Å². The van der Waals surface area contributed by atoms with Crippen LogP contribution in [0.5, 0.6) is 0 Å². The highest BCUT2D eigenvalue weighted by molar-refractivity contribution is 7.09. The molecular formula is C13H23N3S. The molecule has 0 aromatic carbocycles. The maximum absolute atomic E-state index is 4.50. The van der Waals surface area contributed by atoms with Gasteiger partial charge in [0, 0.05) is 30.2 Å². The summed E-state index contributed by atoms with van der Waals surface area (Å²) < 4.78 is 0. The summed E-state index contributed by atoms with van der Waals surface area (Å²) in [5.41, 5.74) is 0.225. The Labute approximate surface area is 108 Å². The van der Waals surface area contributed by atoms with Crippen LogP contribution >= 0.6 is 11.3 Å². The largest absolute Gasteiger partial charge is 0.310 e. The average Bonchev–Trinajstić information content (AvgIpc) is 2.70. The number of nitrogens with one attached hydrogen (secondary N) is 1. The molecule has 1 N–H and O–H groups in total. The summed E-state index contributed by atoms with van der Waals surface area (Å²) in [6.45, 7) is 12.5. The Kier molecular flexibility index (Phi) is 3.57. The van der Waals surface area contributed by atoms with E-state index in [0.29, 0.717) is 0 Å². The molecule has 0 spiro atoms. The monoisotopic (exact) mass is 253 g/mol. The van der Waals surface area contributed by atoms with Crippen LogP contribution in [0.3, 0.4) is 0 Å². The van der Waals surface area contributed by atoms with Crippen molar-refractivity contribution in [2.24, 2.45) is 0 Å². The van der Waals surface area contributed by atoms with E-state index in [-0.39, 0.29) is 11.1 Å². The van der Waals surface area contributed by atoms with Crippen LogP contribution in [0.25, 0.3) is 0 Å². The fourth-order valence-corrected chi connectivity index (χ4v) is 3.24. The van der Waals surface area contributed by atoms with E-state index in [1.807, 2.05) is 6.20 Å². The highest BCUT2D eigenvalue weighted by Gasteiger charge is 2.35. The zero-order valence-electron chi connectivity index (χ0n) is 11.3. The molecule has 1 saturated heterocycles. The topological polar surface area (TPSA) is 28.2 Å². The second kappa shape index (κ2) is 4.67. The van der Waals surface area contributed by atoms with E-state index in [1.54, 1.807) is 11.3 Å². The molecule has 17 heavy (non-hydrogen) atoms. The molecule has 96 valence electrons. The molecule has 1 aromatic rings. The molecule has 3 nitrogen and oxygen atoms in total. The Bertz CT molecular complexity index is 357. The molecule has 0 amide bonds. The summed E-state index contributed by atoms with van der Waals surface area (Å²) in [5, 5.41) is 6.90. The van der Waals surface area contributed by atoms with Gasteiger partial charge in [0.1, 0.15) is 5.01 Å². The van der Waals surface area contributed by atoms with Crippen LogP contribution in [-0.4, -0.2) is 35.1 Å². The van der Waals surface area contributed by atoms with E-state index in [2.05, 4.69) is 48.3 Å². The molecule has 1 fully saturated rings. The van der Waals surface area contributed by atoms with Crippen molar-refractivity contribution in [1.29, 1.82) is 0 Å². The Morgan fingerprint density at radius 3 is 2.88 bits per heavy atom. The number of aromatic nitrogens is 1. The smallest absolute Gasteiger partial charge is 0.112 e. The van der Waals surface area contributed by atoms with Crippen molar-refractivity contribution in [3.8, 4) is 0 Å². The summed E-state index contributed by atoms with van der Waals surface area (Å²) in [4.78, 5) is 7.06. The first kappa shape index (κ1) is 13.0. The van der Waals surface area contributed by atoms with Crippen molar-refractivity contribution < 1.29 is 0 Å². The lowest BCUT2D eigenvalue weighted by Gasteiger charge is -2.40. The lowest BCUT2D eigenvalue weighted by Crippen LogP contribution is -2.51. The van der Waals surface area contributed by atoms with Gasteiger partial charge in [-0.2, -0.15) is 0 Å². The van der Waals surface area contributed by atoms with Crippen LogP contribution in [0.2, 0.25) is 0 Å². The Balaban J connectivity index is 2.20. The second-order valence-corrected chi connectivity index (χ2v) is 6.88. The highest BCUT2D eigenvalue weighted by atomic mass is 32.1. The SMILES string of the molecule is CC1(C)CN(C(C)(C)c2nccs2)CCCN1. The van der Waals surface area contributed by atoms with Gasteiger partial charge >= 0.3 is 0 Å². The quantitative estimate of drug-likeness (QED) is 0.877. The van der Waals surface area contributed by atoms with Crippen molar-refractivity contribution in [1.82, 2.24) is 15.2 Å². The zero-order chi connectivity index (χ0) is 12.5. The summed E-state index contributed by atoms with van der Waals surface area (Å²) in [6, 6.07) is 0. The summed E-state index contributed by atoms with van der Waals surface area (Å²) in [5.74, 6) is 0. The van der Waals surface area contributed by atoms with Gasteiger partial charge in [0.2, 0.25) is 0 Å². The zero-order valence-corrected chi connectivity index (χ0v) is 12.1. The molecule has 0 unspecified atom stereocenters. The average molecular weight is 253 g/mol. The molecule has 1 aliphatic heterocycles. The van der Waals surface area contributed by atoms with Gasteiger partial charge in [-0.05, 0) is 40.7 Å². The molecule has 0 saturated carbocycles. The summed E-state index contributed by atoms with van der Waals surface area (Å²) in [7, 11) is 0. The Morgan fingerprint density at radius 2 is 2.24 bits per heavy atom. The van der Waals surface area contributed by atoms with Gasteiger partial charge in [-0.15, -0.1) is 11.3 Å². The van der Waals surface area contributed by atoms with Crippen LogP contribution in [0.1, 0.15) is 39.1 Å². The standard InChI is InChI=1S/C13H23N3S/c1-12(2)10-16(8-5-6-15-12)13(3,4)11-14-7-9-17-11/h7,9,15H,5-6,8,10H2,1-4H3. The maximum atomic E-state index is 4.50. The van der Waals surface area contributed by atoms with Crippen molar-refractivity contribution in [3.05, 3.63) is 16.6 Å². The van der Waals surface area contributed by atoms with E-state index in [1.165, 1.54) is 11.4 Å². The summed E-state index contributed by atoms with van der Waals surface area (Å²) in [6.07, 6.45) is 3.11. The normalized spacial score (nSPS) is 22.4. The minimum atomic E-state index is 0.0391. The minimum absolute atomic E-state index is 0.0391. The third-order valence-corrected chi connectivity index (χ3v) is 4.63. The molecule has 2 rings (SSSR count). The van der Waals surface area contributed by atoms with Crippen molar-refractivity contribution in [2.75, 3.05) is 19.6 Å². The first-order valence-electron chi connectivity index (χ1n) is 6.32. The third kappa shape index (κ3) is 2.87. The molecule has 0 aliphatic carbocycles. The molecule has 0 atom stereocenters. The predicted octanol–water partition coefficient (Wildman–Crippen LogP) is 2.45. The van der Waals surface area contributed by atoms with Gasteiger partial charge in [-0.1, -0.05) is 0 Å². The minimum Gasteiger partial charge on any atom is -0.310 e. The fourth-order valence-electron chi connectivity index (χ4n) is 2.45. The number of rotatable bonds is 2. The van der Waals surface area contributed by atoms with Crippen molar-refractivity contribution in [3.63, 3.8) is 0 Å². The molecule has 1 aromatic heterocycles. The molecule has 0 bridgehead atoms. The number of thiazole rings is 1. The molecular weight excluding hydrogens is 230 g/mol. The maximum Gasteiger partial charge on any atom is 0.112 e. The van der Waals surface area contributed by atoms with Gasteiger partial charge in [-0.3, -0.25) is 4.90 Å². The van der Waals surface area contributed by atoms with Crippen LogP contribution < -0.4 is 5.32 Å². The van der Waals surface area contributed by atoms with Gasteiger partial charge < -0.3 is 5.32 Å². The van der Waals surface area contributed by atoms with Gasteiger partial charge in [0.15, 0.2) is 0 Å². The van der Waals surface area contributed by atoms with E-state index >= 15 is 0 Å². The molecule has 1 aliphatic rings. The number of hydrogen-bond donors (Lipinski definition) is 1. The van der Waals surface area contributed by atoms with Crippen molar-refractivity contribution in [2.45, 2.75) is 45.2 Å².